The summed E-state index contributed by atoms with van der Waals surface area (Å²) >= 11 is 4.83. The molecule has 0 aromatic heterocycles. The summed E-state index contributed by atoms with van der Waals surface area (Å²) in [4.78, 5) is 50.7. The van der Waals surface area contributed by atoms with Gasteiger partial charge in [-0.15, -0.1) is 0 Å². The Hall–Kier alpha value is -3.83. The minimum Gasteiger partial charge on any atom is -0.501 e. The molecule has 1 saturated heterocycles. The van der Waals surface area contributed by atoms with Crippen LogP contribution in [-0.4, -0.2) is 66.4 Å². The summed E-state index contributed by atoms with van der Waals surface area (Å²) in [7, 11) is 0. The van der Waals surface area contributed by atoms with Crippen LogP contribution in [0.25, 0.3) is 0 Å². The summed E-state index contributed by atoms with van der Waals surface area (Å²) in [5.41, 5.74) is -0.207. The number of aliphatic hydroxyl groups excluding tert-OH is 1. The van der Waals surface area contributed by atoms with Crippen molar-refractivity contribution in [2.24, 2.45) is 11.8 Å². The summed E-state index contributed by atoms with van der Waals surface area (Å²) in [5.74, 6) is -4.51. The third-order valence-electron chi connectivity index (χ3n) is 5.23. The minimum atomic E-state index is -1.11. The van der Waals surface area contributed by atoms with Crippen molar-refractivity contribution in [1.82, 2.24) is 5.32 Å². The number of carbonyl (C=O) groups is 4. The van der Waals surface area contributed by atoms with Gasteiger partial charge in [-0.3, -0.25) is 9.59 Å². The zero-order chi connectivity index (χ0) is 26.7. The fourth-order valence-electron chi connectivity index (χ4n) is 3.60. The van der Waals surface area contributed by atoms with Crippen LogP contribution < -0.4 is 10.6 Å². The quantitative estimate of drug-likeness (QED) is 0.155. The molecule has 0 aliphatic carbocycles. The maximum Gasteiger partial charge on any atom is 0.340 e. The number of para-hydroxylation sites is 1. The lowest BCUT2D eigenvalue weighted by atomic mass is 9.90. The van der Waals surface area contributed by atoms with Crippen molar-refractivity contribution < 1.29 is 38.5 Å². The number of aliphatic hydroxyl groups is 1. The number of amides is 1. The van der Waals surface area contributed by atoms with Crippen LogP contribution in [0, 0.1) is 11.8 Å². The molecule has 3 atom stereocenters. The smallest absolute Gasteiger partial charge is 0.340 e. The Kier molecular flexibility index (Phi) is 11.0. The van der Waals surface area contributed by atoms with E-state index in [4.69, 9.17) is 26.4 Å². The first-order chi connectivity index (χ1) is 17.2. The Labute approximate surface area is 214 Å². The molecule has 1 heterocycles. The van der Waals surface area contributed by atoms with Gasteiger partial charge < -0.3 is 30.0 Å². The average Bonchev–Trinajstić information content (AvgIpc) is 3.34. The fraction of sp³-hybridized carbons (Fsp3) is 0.320. The molecule has 3 unspecified atom stereocenters. The first kappa shape index (κ1) is 28.4. The van der Waals surface area contributed by atoms with E-state index in [0.717, 1.165) is 0 Å². The largest absolute Gasteiger partial charge is 0.501 e. The van der Waals surface area contributed by atoms with Gasteiger partial charge in [0, 0.05) is 6.54 Å². The standard InChI is InChI=1S/C25H28N2O8S/c1-4-10-33-22(29)16-8-7-9-17(23(30)34-11-5-2)20(16)27-21(28)18-13-15(14-26-18)19(25(32)36)24(31)35-12-6-3/h4-9,15,18-19,26H,1-3,10-14H2,(H,27,28)(H,32,36). The van der Waals surface area contributed by atoms with Crippen LogP contribution in [0.15, 0.2) is 56.2 Å². The number of anilines is 1. The second-order valence-electron chi connectivity index (χ2n) is 7.68. The third-order valence-corrected chi connectivity index (χ3v) is 5.49. The maximum atomic E-state index is 13.1. The van der Waals surface area contributed by atoms with Crippen molar-refractivity contribution in [2.45, 2.75) is 12.5 Å². The Morgan fingerprint density at radius 1 is 1.03 bits per heavy atom. The highest BCUT2D eigenvalue weighted by Gasteiger charge is 2.41. The van der Waals surface area contributed by atoms with E-state index < -0.39 is 46.7 Å². The molecule has 1 aliphatic heterocycles. The lowest BCUT2D eigenvalue weighted by Crippen LogP contribution is -2.36. The number of hydrogen-bond acceptors (Lipinski definition) is 9. The van der Waals surface area contributed by atoms with Gasteiger partial charge in [-0.2, -0.15) is 0 Å². The van der Waals surface area contributed by atoms with Gasteiger partial charge >= 0.3 is 17.9 Å². The minimum absolute atomic E-state index is 0.0501. The summed E-state index contributed by atoms with van der Waals surface area (Å²) in [6.07, 6.45) is 4.26. The molecule has 2 rings (SSSR count). The molecule has 1 amide bonds. The van der Waals surface area contributed by atoms with Crippen LogP contribution in [0.1, 0.15) is 27.1 Å². The number of carbonyl (C=O) groups excluding carboxylic acids is 4. The predicted molar refractivity (Wildman–Crippen MR) is 136 cm³/mol. The predicted octanol–water partition coefficient (Wildman–Crippen LogP) is 2.52. The Balaban J connectivity index is 2.27. The van der Waals surface area contributed by atoms with Gasteiger partial charge in [0.15, 0.2) is 5.05 Å². The van der Waals surface area contributed by atoms with Crippen molar-refractivity contribution in [3.05, 3.63) is 67.3 Å². The zero-order valence-corrected chi connectivity index (χ0v) is 20.4. The highest BCUT2D eigenvalue weighted by molar-refractivity contribution is 7.80. The van der Waals surface area contributed by atoms with Crippen molar-refractivity contribution in [2.75, 3.05) is 31.7 Å². The molecule has 1 fully saturated rings. The molecule has 11 heteroatoms. The molecule has 0 spiro atoms. The van der Waals surface area contributed by atoms with E-state index in [1.165, 1.54) is 36.4 Å². The molecule has 36 heavy (non-hydrogen) atoms. The molecule has 10 nitrogen and oxygen atoms in total. The first-order valence-corrected chi connectivity index (χ1v) is 11.4. The molecule has 192 valence electrons. The van der Waals surface area contributed by atoms with Gasteiger partial charge in [-0.05, 0) is 36.7 Å². The Morgan fingerprint density at radius 3 is 2.06 bits per heavy atom. The number of thiocarbonyl (C=S) groups is 1. The van der Waals surface area contributed by atoms with E-state index in [0.29, 0.717) is 0 Å². The van der Waals surface area contributed by atoms with Crippen molar-refractivity contribution in [3.8, 4) is 0 Å². The first-order valence-electron chi connectivity index (χ1n) is 11.0. The summed E-state index contributed by atoms with van der Waals surface area (Å²) < 4.78 is 15.2. The van der Waals surface area contributed by atoms with Gasteiger partial charge in [0.2, 0.25) is 5.91 Å². The molecule has 0 bridgehead atoms. The summed E-state index contributed by atoms with van der Waals surface area (Å²) in [6.45, 7) is 10.4. The van der Waals surface area contributed by atoms with E-state index in [1.54, 1.807) is 0 Å². The lowest BCUT2D eigenvalue weighted by Gasteiger charge is -2.19. The van der Waals surface area contributed by atoms with Crippen LogP contribution >= 0.6 is 12.2 Å². The van der Waals surface area contributed by atoms with Crippen LogP contribution in [0.3, 0.4) is 0 Å². The molecule has 0 radical (unpaired) electrons. The normalized spacial score (nSPS) is 17.2. The molecular weight excluding hydrogens is 488 g/mol. The van der Waals surface area contributed by atoms with Gasteiger partial charge in [0.05, 0.1) is 22.9 Å². The van der Waals surface area contributed by atoms with E-state index in [-0.39, 0.29) is 49.6 Å². The Bertz CT molecular complexity index is 1010. The number of esters is 3. The number of ether oxygens (including phenoxy) is 3. The van der Waals surface area contributed by atoms with E-state index in [1.807, 2.05) is 0 Å². The average molecular weight is 517 g/mol. The summed E-state index contributed by atoms with van der Waals surface area (Å²) in [5, 5.41) is 14.9. The SMILES string of the molecule is C=CCOC(=O)c1cccc(C(=O)OCC=C)c1NC(=O)C1CC(C(C(=O)OCC=C)C(O)=S)CN1. The highest BCUT2D eigenvalue weighted by atomic mass is 32.1. The van der Waals surface area contributed by atoms with Gasteiger partial charge in [0.1, 0.15) is 25.7 Å². The van der Waals surface area contributed by atoms with Gasteiger partial charge in [-0.1, -0.05) is 44.0 Å². The van der Waals surface area contributed by atoms with Crippen molar-refractivity contribution in [3.63, 3.8) is 0 Å². The number of rotatable bonds is 13. The zero-order valence-electron chi connectivity index (χ0n) is 19.6. The summed E-state index contributed by atoms with van der Waals surface area (Å²) in [6, 6.07) is 3.42. The highest BCUT2D eigenvalue weighted by Crippen LogP contribution is 2.28. The number of benzene rings is 1. The van der Waals surface area contributed by atoms with Gasteiger partial charge in [-0.25, -0.2) is 9.59 Å². The van der Waals surface area contributed by atoms with E-state index in [9.17, 15) is 24.3 Å². The van der Waals surface area contributed by atoms with Crippen molar-refractivity contribution >= 4 is 46.8 Å². The number of hydrogen-bond donors (Lipinski definition) is 3. The van der Waals surface area contributed by atoms with Crippen LogP contribution in [-0.2, 0) is 23.8 Å². The van der Waals surface area contributed by atoms with Gasteiger partial charge in [0.25, 0.3) is 0 Å². The number of nitrogens with one attached hydrogen (secondary N) is 2. The van der Waals surface area contributed by atoms with Crippen LogP contribution in [0.4, 0.5) is 5.69 Å². The molecule has 1 aromatic carbocycles. The third kappa shape index (κ3) is 7.33. The molecule has 1 aromatic rings. The van der Waals surface area contributed by atoms with E-state index in [2.05, 4.69) is 30.4 Å². The maximum absolute atomic E-state index is 13.1. The fourth-order valence-corrected chi connectivity index (χ4v) is 3.89. The topological polar surface area (TPSA) is 140 Å². The second-order valence-corrected chi connectivity index (χ2v) is 8.10. The van der Waals surface area contributed by atoms with Crippen molar-refractivity contribution in [1.29, 1.82) is 0 Å². The van der Waals surface area contributed by atoms with Crippen LogP contribution in [0.5, 0.6) is 0 Å². The monoisotopic (exact) mass is 516 g/mol. The van der Waals surface area contributed by atoms with Crippen LogP contribution in [0.2, 0.25) is 0 Å². The molecule has 0 saturated carbocycles. The molecule has 3 N–H and O–H groups in total. The van der Waals surface area contributed by atoms with E-state index >= 15 is 0 Å². The Morgan fingerprint density at radius 2 is 1.56 bits per heavy atom. The molecule has 1 aliphatic rings. The lowest BCUT2D eigenvalue weighted by molar-refractivity contribution is -0.146. The molecular formula is C25H28N2O8S. The second kappa shape index (κ2) is 13.9.